The first kappa shape index (κ1) is 22.4. The van der Waals surface area contributed by atoms with Crippen LogP contribution in [-0.2, 0) is 20.6 Å². The number of hydrogen-bond acceptors (Lipinski definition) is 4. The predicted molar refractivity (Wildman–Crippen MR) is 114 cm³/mol. The van der Waals surface area contributed by atoms with Crippen LogP contribution in [0.15, 0.2) is 42.5 Å². The van der Waals surface area contributed by atoms with E-state index in [9.17, 15) is 9.59 Å². The lowest BCUT2D eigenvalue weighted by atomic mass is 10.0. The minimum atomic E-state index is -1.94. The number of amides is 1. The van der Waals surface area contributed by atoms with E-state index in [4.69, 9.17) is 9.16 Å². The molecule has 0 aromatic heterocycles. The van der Waals surface area contributed by atoms with Gasteiger partial charge in [0, 0.05) is 6.42 Å². The summed E-state index contributed by atoms with van der Waals surface area (Å²) < 4.78 is 11.9. The molecule has 0 N–H and O–H groups in total. The van der Waals surface area contributed by atoms with Crippen molar-refractivity contribution in [1.29, 1.82) is 0 Å². The van der Waals surface area contributed by atoms with E-state index in [0.717, 1.165) is 11.8 Å². The molecule has 1 aromatic carbocycles. The fourth-order valence-corrected chi connectivity index (χ4v) is 3.95. The van der Waals surface area contributed by atoms with Crippen molar-refractivity contribution >= 4 is 20.7 Å². The minimum Gasteiger partial charge on any atom is -0.445 e. The van der Waals surface area contributed by atoms with Gasteiger partial charge in [0.15, 0.2) is 8.32 Å². The fraction of sp³-hybridized carbons (Fsp3) is 0.545. The molecule has 28 heavy (non-hydrogen) atoms. The van der Waals surface area contributed by atoms with Gasteiger partial charge in [-0.05, 0) is 30.1 Å². The molecule has 1 aliphatic rings. The highest BCUT2D eigenvalue weighted by atomic mass is 28.4. The summed E-state index contributed by atoms with van der Waals surface area (Å²) in [6, 6.07) is 9.18. The van der Waals surface area contributed by atoms with E-state index in [0.29, 0.717) is 13.0 Å². The summed E-state index contributed by atoms with van der Waals surface area (Å²) in [6.45, 7) is 11.7. The van der Waals surface area contributed by atoms with Gasteiger partial charge in [-0.25, -0.2) is 4.79 Å². The summed E-state index contributed by atoms with van der Waals surface area (Å²) in [6.07, 6.45) is 5.36. The van der Waals surface area contributed by atoms with Gasteiger partial charge >= 0.3 is 6.09 Å². The van der Waals surface area contributed by atoms with Crippen LogP contribution in [0.25, 0.3) is 0 Å². The van der Waals surface area contributed by atoms with Gasteiger partial charge in [-0.15, -0.1) is 0 Å². The summed E-state index contributed by atoms with van der Waals surface area (Å²) in [7, 11) is -1.94. The van der Waals surface area contributed by atoms with Crippen molar-refractivity contribution in [3.8, 4) is 0 Å². The Morgan fingerprint density at radius 3 is 2.54 bits per heavy atom. The quantitative estimate of drug-likeness (QED) is 0.368. The van der Waals surface area contributed by atoms with Gasteiger partial charge in [0.2, 0.25) is 0 Å². The third-order valence-corrected chi connectivity index (χ3v) is 10.2. The average Bonchev–Trinajstić information content (AvgIpc) is 2.65. The summed E-state index contributed by atoms with van der Waals surface area (Å²) in [4.78, 5) is 25.7. The average molecular weight is 404 g/mol. The Labute approximate surface area is 169 Å². The Bertz CT molecular complexity index is 682. The number of nitrogens with zero attached hydrogens (tertiary/aromatic N) is 1. The number of carbonyl (C=O) groups is 2. The summed E-state index contributed by atoms with van der Waals surface area (Å²) in [5.74, 6) is 0. The van der Waals surface area contributed by atoms with E-state index >= 15 is 0 Å². The molecule has 6 heteroatoms. The molecule has 0 radical (unpaired) electrons. The fourth-order valence-electron chi connectivity index (χ4n) is 2.91. The zero-order valence-corrected chi connectivity index (χ0v) is 18.7. The van der Waals surface area contributed by atoms with Crippen molar-refractivity contribution in [2.45, 2.75) is 70.4 Å². The normalized spacial score (nSPS) is 20.1. The number of hydrogen-bond donors (Lipinski definition) is 0. The van der Waals surface area contributed by atoms with Crippen LogP contribution in [0.1, 0.15) is 39.2 Å². The van der Waals surface area contributed by atoms with Crippen LogP contribution >= 0.6 is 0 Å². The van der Waals surface area contributed by atoms with E-state index in [2.05, 4.69) is 33.9 Å². The first-order valence-corrected chi connectivity index (χ1v) is 12.8. The highest BCUT2D eigenvalue weighted by molar-refractivity contribution is 6.74. The Morgan fingerprint density at radius 2 is 1.93 bits per heavy atom. The molecule has 1 amide bonds. The van der Waals surface area contributed by atoms with E-state index in [1.165, 1.54) is 0 Å². The van der Waals surface area contributed by atoms with Crippen LogP contribution in [0.4, 0.5) is 4.79 Å². The maximum atomic E-state index is 12.9. The second-order valence-electron chi connectivity index (χ2n) is 8.81. The van der Waals surface area contributed by atoms with Crippen LogP contribution < -0.4 is 0 Å². The van der Waals surface area contributed by atoms with Gasteiger partial charge in [0.1, 0.15) is 12.9 Å². The van der Waals surface area contributed by atoms with Gasteiger partial charge < -0.3 is 14.0 Å². The van der Waals surface area contributed by atoms with E-state index in [1.54, 1.807) is 4.90 Å². The van der Waals surface area contributed by atoms with Crippen molar-refractivity contribution in [3.05, 3.63) is 48.0 Å². The number of ether oxygens (including phenoxy) is 1. The highest BCUT2D eigenvalue weighted by Crippen LogP contribution is 2.37. The van der Waals surface area contributed by atoms with Gasteiger partial charge in [-0.1, -0.05) is 63.3 Å². The third kappa shape index (κ3) is 5.79. The number of benzene rings is 1. The smallest absolute Gasteiger partial charge is 0.410 e. The van der Waals surface area contributed by atoms with Gasteiger partial charge in [0.25, 0.3) is 0 Å². The molecule has 5 nitrogen and oxygen atoms in total. The Morgan fingerprint density at radius 1 is 1.25 bits per heavy atom. The van der Waals surface area contributed by atoms with Gasteiger partial charge in [0.05, 0.1) is 18.7 Å². The summed E-state index contributed by atoms with van der Waals surface area (Å²) in [5, 5.41) is 0.0956. The van der Waals surface area contributed by atoms with E-state index < -0.39 is 14.4 Å². The molecule has 2 rings (SSSR count). The molecule has 1 aliphatic heterocycles. The SMILES string of the molecule is CC(C)(C)[Si](C)(C)OC[C@H]1CC=C[C@H](CC=O)N1C(=O)OCc1ccccc1. The lowest BCUT2D eigenvalue weighted by Gasteiger charge is -2.41. The van der Waals surface area contributed by atoms with E-state index in [-0.39, 0.29) is 30.1 Å². The van der Waals surface area contributed by atoms with Crippen molar-refractivity contribution in [3.63, 3.8) is 0 Å². The van der Waals surface area contributed by atoms with Crippen LogP contribution in [0.3, 0.4) is 0 Å². The molecule has 0 fully saturated rings. The Kier molecular flexibility index (Phi) is 7.60. The predicted octanol–water partition coefficient (Wildman–Crippen LogP) is 4.93. The van der Waals surface area contributed by atoms with Crippen molar-refractivity contribution in [1.82, 2.24) is 4.90 Å². The lowest BCUT2D eigenvalue weighted by Crippen LogP contribution is -2.52. The Hall–Kier alpha value is -1.92. The molecule has 0 saturated heterocycles. The number of aldehydes is 1. The zero-order chi connectivity index (χ0) is 20.8. The summed E-state index contributed by atoms with van der Waals surface area (Å²) >= 11 is 0. The maximum Gasteiger partial charge on any atom is 0.410 e. The zero-order valence-electron chi connectivity index (χ0n) is 17.7. The molecule has 0 unspecified atom stereocenters. The second-order valence-corrected chi connectivity index (χ2v) is 13.6. The molecule has 0 saturated carbocycles. The van der Waals surface area contributed by atoms with Crippen LogP contribution in [0.5, 0.6) is 0 Å². The van der Waals surface area contributed by atoms with Crippen LogP contribution in [0, 0.1) is 0 Å². The first-order valence-electron chi connectivity index (χ1n) is 9.89. The molecule has 154 valence electrons. The standard InChI is InChI=1S/C22H33NO4Si/c1-22(2,3)28(4,5)27-17-20-13-9-12-19(14-15-24)23(20)21(25)26-16-18-10-7-6-8-11-18/h6-12,15,19-20H,13-14,16-17H2,1-5H3/t19-,20-/m1/s1. The molecule has 0 bridgehead atoms. The molecule has 0 aliphatic carbocycles. The molecule has 1 heterocycles. The molecule has 2 atom stereocenters. The maximum absolute atomic E-state index is 12.9. The highest BCUT2D eigenvalue weighted by Gasteiger charge is 2.39. The van der Waals surface area contributed by atoms with Crippen molar-refractivity contribution in [2.24, 2.45) is 0 Å². The van der Waals surface area contributed by atoms with Gasteiger partial charge in [-0.2, -0.15) is 0 Å². The molecular formula is C22H33NO4Si. The van der Waals surface area contributed by atoms with E-state index in [1.807, 2.05) is 42.5 Å². The lowest BCUT2D eigenvalue weighted by molar-refractivity contribution is -0.108. The van der Waals surface area contributed by atoms with Crippen LogP contribution in [0.2, 0.25) is 18.1 Å². The number of rotatable bonds is 7. The van der Waals surface area contributed by atoms with Crippen molar-refractivity contribution in [2.75, 3.05) is 6.61 Å². The van der Waals surface area contributed by atoms with Crippen LogP contribution in [-0.4, -0.2) is 44.3 Å². The van der Waals surface area contributed by atoms with Crippen molar-refractivity contribution < 1.29 is 18.8 Å². The largest absolute Gasteiger partial charge is 0.445 e. The molecule has 1 aromatic rings. The first-order chi connectivity index (χ1) is 13.2. The third-order valence-electron chi connectivity index (χ3n) is 5.71. The second kappa shape index (κ2) is 9.52. The topological polar surface area (TPSA) is 55.8 Å². The van der Waals surface area contributed by atoms with Gasteiger partial charge in [-0.3, -0.25) is 4.90 Å². The summed E-state index contributed by atoms with van der Waals surface area (Å²) in [5.41, 5.74) is 0.935. The monoisotopic (exact) mass is 403 g/mol. The molecule has 0 spiro atoms. The number of carbonyl (C=O) groups excluding carboxylic acids is 2. The Balaban J connectivity index is 2.10. The molecular weight excluding hydrogens is 370 g/mol. The minimum absolute atomic E-state index is 0.0956.